The molecule has 1 aromatic carbocycles. The lowest BCUT2D eigenvalue weighted by Gasteiger charge is -1.98. The van der Waals surface area contributed by atoms with Gasteiger partial charge in [0.25, 0.3) is 0 Å². The first-order chi connectivity index (χ1) is 6.86. The number of halogens is 1. The Hall–Kier alpha value is -1.47. The van der Waals surface area contributed by atoms with Crippen molar-refractivity contribution in [1.82, 2.24) is 5.43 Å². The van der Waals surface area contributed by atoms with Crippen LogP contribution < -0.4 is 10.7 Å². The van der Waals surface area contributed by atoms with Gasteiger partial charge in [-0.15, -0.1) is 12.4 Å². The molecule has 15 heavy (non-hydrogen) atoms. The summed E-state index contributed by atoms with van der Waals surface area (Å²) in [4.78, 5) is 3.98. The summed E-state index contributed by atoms with van der Waals surface area (Å²) in [5.74, 6) is 0. The number of nitrogens with zero attached hydrogens (tertiary/aromatic N) is 2. The van der Waals surface area contributed by atoms with Crippen LogP contribution in [0.5, 0.6) is 0 Å². The van der Waals surface area contributed by atoms with Crippen LogP contribution in [-0.4, -0.2) is 13.1 Å². The second kappa shape index (κ2) is 7.89. The summed E-state index contributed by atoms with van der Waals surface area (Å²) in [5, 5.41) is 7.00. The van der Waals surface area contributed by atoms with Gasteiger partial charge < -0.3 is 5.32 Å². The molecule has 0 radical (unpaired) electrons. The topological polar surface area (TPSA) is 32.8 Å². The van der Waals surface area contributed by atoms with Gasteiger partial charge in [-0.1, -0.05) is 0 Å². The summed E-state index contributed by atoms with van der Waals surface area (Å²) in [7, 11) is 0. The maximum Gasteiger partial charge on any atom is 0.463 e. The molecule has 0 saturated carbocycles. The first-order valence-electron chi connectivity index (χ1n) is 4.84. The van der Waals surface area contributed by atoms with E-state index in [0.29, 0.717) is 0 Å². The smallest absolute Gasteiger partial charge is 0.385 e. The van der Waals surface area contributed by atoms with Crippen molar-refractivity contribution in [2.75, 3.05) is 18.4 Å². The predicted molar refractivity (Wildman–Crippen MR) is 67.9 cm³/mol. The first-order valence-corrected chi connectivity index (χ1v) is 4.84. The van der Waals surface area contributed by atoms with Crippen molar-refractivity contribution in [2.45, 2.75) is 13.8 Å². The van der Waals surface area contributed by atoms with Gasteiger partial charge in [0, 0.05) is 24.4 Å². The Morgan fingerprint density at radius 1 is 1.07 bits per heavy atom. The van der Waals surface area contributed by atoms with Crippen LogP contribution in [0.15, 0.2) is 24.3 Å². The lowest BCUT2D eigenvalue weighted by Crippen LogP contribution is -1.97. The number of anilines is 1. The van der Waals surface area contributed by atoms with Crippen molar-refractivity contribution in [3.8, 4) is 0 Å². The average Bonchev–Trinajstić information content (AvgIpc) is 2.21. The highest BCUT2D eigenvalue weighted by Gasteiger charge is 2.02. The van der Waals surface area contributed by atoms with Gasteiger partial charge in [0.1, 0.15) is 0 Å². The van der Waals surface area contributed by atoms with Crippen LogP contribution in [0, 0.1) is 0 Å². The normalized spacial score (nSPS) is 8.13. The van der Waals surface area contributed by atoms with Gasteiger partial charge in [0.2, 0.25) is 0 Å². The van der Waals surface area contributed by atoms with Crippen LogP contribution in [0.4, 0.5) is 11.4 Å². The Kier molecular flexibility index (Phi) is 7.12. The molecule has 0 spiro atoms. The fourth-order valence-electron chi connectivity index (χ4n) is 1.01. The lowest BCUT2D eigenvalue weighted by atomic mass is 10.3. The van der Waals surface area contributed by atoms with Crippen molar-refractivity contribution in [3.05, 3.63) is 34.3 Å². The molecule has 0 bridgehead atoms. The molecule has 0 fully saturated rings. The quantitative estimate of drug-likeness (QED) is 0.614. The highest BCUT2D eigenvalue weighted by Crippen LogP contribution is 2.15. The predicted octanol–water partition coefficient (Wildman–Crippen LogP) is 3.36. The van der Waals surface area contributed by atoms with E-state index in [1.165, 1.54) is 0 Å². The number of benzene rings is 1. The second-order valence-electron chi connectivity index (χ2n) is 2.79. The van der Waals surface area contributed by atoms with Crippen molar-refractivity contribution in [2.24, 2.45) is 0 Å². The van der Waals surface area contributed by atoms with Gasteiger partial charge in [-0.3, -0.25) is 0 Å². The lowest BCUT2D eigenvalue weighted by molar-refractivity contribution is 0.912. The summed E-state index contributed by atoms with van der Waals surface area (Å²) in [6, 6.07) is 7.84. The zero-order chi connectivity index (χ0) is 10.2. The molecule has 0 atom stereocenters. The maximum absolute atomic E-state index is 3.98. The third-order valence-corrected chi connectivity index (χ3v) is 1.64. The van der Waals surface area contributed by atoms with Crippen LogP contribution in [0.25, 0.3) is 10.1 Å². The SMILES string of the molecule is CCN[N+]#[N+]c1ccc(NCC)cc1.Cl. The number of rotatable bonds is 3. The van der Waals surface area contributed by atoms with E-state index in [9.17, 15) is 0 Å². The Bertz CT molecular complexity index is 326. The zero-order valence-electron chi connectivity index (χ0n) is 9.03. The summed E-state index contributed by atoms with van der Waals surface area (Å²) in [6.45, 7) is 5.77. The van der Waals surface area contributed by atoms with Gasteiger partial charge >= 0.3 is 10.8 Å². The largest absolute Gasteiger partial charge is 0.463 e. The Morgan fingerprint density at radius 2 is 1.73 bits per heavy atom. The molecule has 1 rings (SSSR count). The molecule has 0 aliphatic carbocycles. The van der Waals surface area contributed by atoms with Crippen molar-refractivity contribution < 1.29 is 0 Å². The van der Waals surface area contributed by atoms with E-state index >= 15 is 0 Å². The van der Waals surface area contributed by atoms with Gasteiger partial charge in [-0.05, 0) is 26.0 Å². The van der Waals surface area contributed by atoms with Crippen LogP contribution >= 0.6 is 12.4 Å². The second-order valence-corrected chi connectivity index (χ2v) is 2.79. The molecule has 0 amide bonds. The van der Waals surface area contributed by atoms with E-state index < -0.39 is 0 Å². The van der Waals surface area contributed by atoms with E-state index in [4.69, 9.17) is 0 Å². The van der Waals surface area contributed by atoms with Crippen LogP contribution in [0.2, 0.25) is 0 Å². The van der Waals surface area contributed by atoms with Crippen LogP contribution in [0.1, 0.15) is 13.8 Å². The molecular formula is C10H17ClN4+2. The number of hydrogen-bond donors (Lipinski definition) is 2. The minimum Gasteiger partial charge on any atom is -0.385 e. The van der Waals surface area contributed by atoms with Gasteiger partial charge in [-0.2, -0.15) is 0 Å². The fourth-order valence-corrected chi connectivity index (χ4v) is 1.01. The molecule has 82 valence electrons. The van der Waals surface area contributed by atoms with Gasteiger partial charge in [0.05, 0.1) is 5.43 Å². The minimum absolute atomic E-state index is 0. The summed E-state index contributed by atoms with van der Waals surface area (Å²) >= 11 is 0. The number of nitrogens with one attached hydrogen (secondary N) is 2. The summed E-state index contributed by atoms with van der Waals surface area (Å²) in [5.41, 5.74) is 4.74. The third-order valence-electron chi connectivity index (χ3n) is 1.64. The van der Waals surface area contributed by atoms with E-state index in [0.717, 1.165) is 24.5 Å². The number of hydrogen-bond acceptors (Lipinski definition) is 2. The molecule has 0 heterocycles. The van der Waals surface area contributed by atoms with E-state index in [-0.39, 0.29) is 12.4 Å². The molecule has 4 nitrogen and oxygen atoms in total. The van der Waals surface area contributed by atoms with Crippen molar-refractivity contribution >= 4 is 23.8 Å². The van der Waals surface area contributed by atoms with E-state index in [1.54, 1.807) is 0 Å². The monoisotopic (exact) mass is 228 g/mol. The highest BCUT2D eigenvalue weighted by molar-refractivity contribution is 5.85. The average molecular weight is 229 g/mol. The van der Waals surface area contributed by atoms with Crippen LogP contribution in [-0.2, 0) is 0 Å². The fraction of sp³-hybridized carbons (Fsp3) is 0.400. The Balaban J connectivity index is 0.00000196. The standard InChI is InChI=1S/C10H16N4.ClH/c1-3-11-9-5-7-10(8-6-9)13-14-12-4-2;/h5-8,11-12H,3-4H2,1-2H3;1H/q+2;. The van der Waals surface area contributed by atoms with Crippen molar-refractivity contribution in [1.29, 1.82) is 0 Å². The van der Waals surface area contributed by atoms with Gasteiger partial charge in [-0.25, -0.2) is 0 Å². The molecule has 0 aliphatic rings. The molecule has 5 heteroatoms. The van der Waals surface area contributed by atoms with Crippen molar-refractivity contribution in [3.63, 3.8) is 0 Å². The van der Waals surface area contributed by atoms with E-state index in [2.05, 4.69) is 27.7 Å². The molecule has 0 saturated heterocycles. The Morgan fingerprint density at radius 3 is 2.27 bits per heavy atom. The van der Waals surface area contributed by atoms with E-state index in [1.807, 2.05) is 31.2 Å². The Labute approximate surface area is 96.3 Å². The molecule has 0 aromatic heterocycles. The van der Waals surface area contributed by atoms with Crippen LogP contribution in [0.3, 0.4) is 0 Å². The molecule has 0 unspecified atom stereocenters. The molecule has 0 aliphatic heterocycles. The minimum atomic E-state index is 0. The van der Waals surface area contributed by atoms with Gasteiger partial charge in [0.15, 0.2) is 11.5 Å². The zero-order valence-corrected chi connectivity index (χ0v) is 9.84. The maximum atomic E-state index is 3.98. The summed E-state index contributed by atoms with van der Waals surface area (Å²) in [6.07, 6.45) is 0. The molecular weight excluding hydrogens is 212 g/mol. The number of diazo groups is 1. The first kappa shape index (κ1) is 13.5. The molecule has 1 aromatic rings. The third kappa shape index (κ3) is 5.08. The summed E-state index contributed by atoms with van der Waals surface area (Å²) < 4.78 is 0. The molecule has 2 N–H and O–H groups in total. The highest BCUT2D eigenvalue weighted by atomic mass is 35.5.